The molecule has 0 aliphatic carbocycles. The lowest BCUT2D eigenvalue weighted by molar-refractivity contribution is 0.0921. The van der Waals surface area contributed by atoms with Crippen LogP contribution in [0.2, 0.25) is 0 Å². The van der Waals surface area contributed by atoms with Crippen molar-refractivity contribution in [2.75, 3.05) is 6.61 Å². The Morgan fingerprint density at radius 1 is 1.15 bits per heavy atom. The number of Topliss-reactive ketones (excluding diaryl/α,β-unsaturated/α-hetero) is 1. The number of hydrogen-bond acceptors (Lipinski definition) is 3. The largest absolute Gasteiger partial charge is 0.484 e. The third-order valence-corrected chi connectivity index (χ3v) is 3.55. The highest BCUT2D eigenvalue weighted by atomic mass is 79.9. The van der Waals surface area contributed by atoms with Gasteiger partial charge in [-0.25, -0.2) is 0 Å². The molecule has 5 heteroatoms. The second-order valence-corrected chi connectivity index (χ2v) is 5.81. The second-order valence-electron chi connectivity index (χ2n) is 3.97. The number of ketones is 1. The lowest BCUT2D eigenvalue weighted by atomic mass is 10.1. The van der Waals surface area contributed by atoms with Crippen LogP contribution in [0.15, 0.2) is 51.4 Å². The summed E-state index contributed by atoms with van der Waals surface area (Å²) in [6, 6.07) is 14.2. The Hall–Kier alpha value is -1.64. The quantitative estimate of drug-likeness (QED) is 0.724. The van der Waals surface area contributed by atoms with E-state index in [1.807, 2.05) is 12.1 Å². The number of hydrogen-bond donors (Lipinski definition) is 0. The summed E-state index contributed by atoms with van der Waals surface area (Å²) < 4.78 is 7.06. The molecule has 0 saturated heterocycles. The minimum Gasteiger partial charge on any atom is -0.484 e. The van der Waals surface area contributed by atoms with Crippen molar-refractivity contribution in [2.45, 2.75) is 0 Å². The van der Waals surface area contributed by atoms with E-state index in [4.69, 9.17) is 10.00 Å². The molecule has 0 unspecified atom stereocenters. The van der Waals surface area contributed by atoms with Crippen molar-refractivity contribution in [1.82, 2.24) is 0 Å². The number of carbonyl (C=O) groups is 1. The highest BCUT2D eigenvalue weighted by Crippen LogP contribution is 2.22. The smallest absolute Gasteiger partial charge is 0.200 e. The van der Waals surface area contributed by atoms with Crippen molar-refractivity contribution in [3.8, 4) is 11.8 Å². The summed E-state index contributed by atoms with van der Waals surface area (Å²) in [7, 11) is 0. The molecule has 0 radical (unpaired) electrons. The number of benzene rings is 2. The molecule has 2 aromatic rings. The number of nitriles is 1. The number of carbonyl (C=O) groups excluding carboxylic acids is 1. The van der Waals surface area contributed by atoms with Crippen LogP contribution in [-0.2, 0) is 0 Å². The standard InChI is InChI=1S/C15H9Br2NO2/c16-12-3-1-2-10(6-12)14(19)9-20-15-5-4-13(17)7-11(15)8-18/h1-7H,9H2. The van der Waals surface area contributed by atoms with Crippen molar-refractivity contribution in [2.24, 2.45) is 0 Å². The Balaban J connectivity index is 2.10. The lowest BCUT2D eigenvalue weighted by Crippen LogP contribution is -2.12. The third-order valence-electron chi connectivity index (χ3n) is 2.57. The normalized spacial score (nSPS) is 9.85. The highest BCUT2D eigenvalue weighted by Gasteiger charge is 2.09. The van der Waals surface area contributed by atoms with Crippen LogP contribution in [0, 0.1) is 11.3 Å². The average molecular weight is 395 g/mol. The van der Waals surface area contributed by atoms with Crippen LogP contribution in [0.1, 0.15) is 15.9 Å². The van der Waals surface area contributed by atoms with Gasteiger partial charge in [-0.15, -0.1) is 0 Å². The van der Waals surface area contributed by atoms with Crippen LogP contribution < -0.4 is 4.74 Å². The molecule has 0 N–H and O–H groups in total. The van der Waals surface area contributed by atoms with E-state index >= 15 is 0 Å². The molecule has 0 saturated carbocycles. The molecule has 2 rings (SSSR count). The van der Waals surface area contributed by atoms with E-state index in [1.165, 1.54) is 0 Å². The van der Waals surface area contributed by atoms with Crippen LogP contribution in [0.4, 0.5) is 0 Å². The molecule has 100 valence electrons. The first-order chi connectivity index (χ1) is 9.60. The molecule has 0 aromatic heterocycles. The maximum absolute atomic E-state index is 12.0. The van der Waals surface area contributed by atoms with Gasteiger partial charge in [0.15, 0.2) is 12.4 Å². The van der Waals surface area contributed by atoms with Gasteiger partial charge in [0.1, 0.15) is 11.8 Å². The van der Waals surface area contributed by atoms with Gasteiger partial charge in [-0.1, -0.05) is 44.0 Å². The van der Waals surface area contributed by atoms with Crippen molar-refractivity contribution in [1.29, 1.82) is 5.26 Å². The van der Waals surface area contributed by atoms with Gasteiger partial charge in [-0.2, -0.15) is 5.26 Å². The van der Waals surface area contributed by atoms with Crippen LogP contribution in [0.5, 0.6) is 5.75 Å². The van der Waals surface area contributed by atoms with Gasteiger partial charge in [0.25, 0.3) is 0 Å². The Bertz CT molecular complexity index is 693. The monoisotopic (exact) mass is 393 g/mol. The van der Waals surface area contributed by atoms with Crippen LogP contribution in [0.25, 0.3) is 0 Å². The molecule has 0 amide bonds. The molecule has 0 bridgehead atoms. The zero-order chi connectivity index (χ0) is 14.5. The van der Waals surface area contributed by atoms with Crippen LogP contribution in [0.3, 0.4) is 0 Å². The third kappa shape index (κ3) is 3.69. The zero-order valence-electron chi connectivity index (χ0n) is 10.3. The van der Waals surface area contributed by atoms with E-state index in [-0.39, 0.29) is 12.4 Å². The van der Waals surface area contributed by atoms with Gasteiger partial charge in [-0.05, 0) is 30.3 Å². The topological polar surface area (TPSA) is 50.1 Å². The van der Waals surface area contributed by atoms with Crippen molar-refractivity contribution in [3.05, 3.63) is 62.5 Å². The summed E-state index contributed by atoms with van der Waals surface area (Å²) in [5.74, 6) is 0.261. The molecule has 20 heavy (non-hydrogen) atoms. The SMILES string of the molecule is N#Cc1cc(Br)ccc1OCC(=O)c1cccc(Br)c1. The highest BCUT2D eigenvalue weighted by molar-refractivity contribution is 9.10. The number of nitrogens with zero attached hydrogens (tertiary/aromatic N) is 1. The molecular weight excluding hydrogens is 386 g/mol. The van der Waals surface area contributed by atoms with E-state index < -0.39 is 0 Å². The molecule has 0 heterocycles. The molecule has 0 fully saturated rings. The van der Waals surface area contributed by atoms with Crippen molar-refractivity contribution >= 4 is 37.6 Å². The molecule has 2 aromatic carbocycles. The number of halogens is 2. The predicted molar refractivity (Wildman–Crippen MR) is 82.8 cm³/mol. The fourth-order valence-electron chi connectivity index (χ4n) is 1.60. The fourth-order valence-corrected chi connectivity index (χ4v) is 2.36. The van der Waals surface area contributed by atoms with Crippen molar-refractivity contribution < 1.29 is 9.53 Å². The first kappa shape index (κ1) is 14.8. The first-order valence-corrected chi connectivity index (χ1v) is 7.30. The molecule has 0 atom stereocenters. The average Bonchev–Trinajstić information content (AvgIpc) is 2.45. The summed E-state index contributed by atoms with van der Waals surface area (Å²) in [6.07, 6.45) is 0. The minimum atomic E-state index is -0.141. The molecule has 0 spiro atoms. The van der Waals surface area contributed by atoms with Gasteiger partial charge in [0.2, 0.25) is 0 Å². The predicted octanol–water partition coefficient (Wildman–Crippen LogP) is 4.34. The second kappa shape index (κ2) is 6.69. The van der Waals surface area contributed by atoms with E-state index in [2.05, 4.69) is 31.9 Å². The van der Waals surface area contributed by atoms with Gasteiger partial charge >= 0.3 is 0 Å². The molecule has 0 aliphatic rings. The van der Waals surface area contributed by atoms with Gasteiger partial charge in [0.05, 0.1) is 5.56 Å². The summed E-state index contributed by atoms with van der Waals surface area (Å²) in [6.45, 7) is -0.104. The summed E-state index contributed by atoms with van der Waals surface area (Å²) in [5.41, 5.74) is 0.955. The Labute approximate surface area is 133 Å². The molecule has 0 aliphatic heterocycles. The lowest BCUT2D eigenvalue weighted by Gasteiger charge is -2.07. The van der Waals surface area contributed by atoms with Gasteiger partial charge < -0.3 is 4.74 Å². The van der Waals surface area contributed by atoms with Gasteiger partial charge in [0, 0.05) is 14.5 Å². The first-order valence-electron chi connectivity index (χ1n) is 5.71. The van der Waals surface area contributed by atoms with E-state index in [1.54, 1.807) is 36.4 Å². The van der Waals surface area contributed by atoms with E-state index in [0.29, 0.717) is 16.9 Å². The maximum Gasteiger partial charge on any atom is 0.200 e. The maximum atomic E-state index is 12.0. The fraction of sp³-hybridized carbons (Fsp3) is 0.0667. The minimum absolute atomic E-state index is 0.104. The number of rotatable bonds is 4. The zero-order valence-corrected chi connectivity index (χ0v) is 13.4. The Morgan fingerprint density at radius 2 is 1.90 bits per heavy atom. The Kier molecular flexibility index (Phi) is 4.94. The van der Waals surface area contributed by atoms with E-state index in [9.17, 15) is 4.79 Å². The van der Waals surface area contributed by atoms with E-state index in [0.717, 1.165) is 8.95 Å². The summed E-state index contributed by atoms with van der Waals surface area (Å²) >= 11 is 6.60. The number of ether oxygens (including phenoxy) is 1. The summed E-state index contributed by atoms with van der Waals surface area (Å²) in [5, 5.41) is 9.02. The summed E-state index contributed by atoms with van der Waals surface area (Å²) in [4.78, 5) is 12.0. The molecular formula is C15H9Br2NO2. The van der Waals surface area contributed by atoms with Gasteiger partial charge in [-0.3, -0.25) is 4.79 Å². The Morgan fingerprint density at radius 3 is 2.60 bits per heavy atom. The van der Waals surface area contributed by atoms with Crippen LogP contribution >= 0.6 is 31.9 Å². The molecule has 3 nitrogen and oxygen atoms in total. The van der Waals surface area contributed by atoms with Crippen molar-refractivity contribution in [3.63, 3.8) is 0 Å². The van der Waals surface area contributed by atoms with Crippen LogP contribution in [-0.4, -0.2) is 12.4 Å².